The Kier molecular flexibility index (Phi) is 3.81. The van der Waals surface area contributed by atoms with Crippen LogP contribution in [0.2, 0.25) is 0 Å². The Hall–Kier alpha value is -4.58. The third-order valence-corrected chi connectivity index (χ3v) is 6.12. The fourth-order valence-corrected chi connectivity index (χ4v) is 4.64. The molecule has 0 saturated heterocycles. The van der Waals surface area contributed by atoms with Crippen LogP contribution in [0.15, 0.2) is 97.5 Å². The summed E-state index contributed by atoms with van der Waals surface area (Å²) in [5.74, 6) is 1.87. The van der Waals surface area contributed by atoms with Gasteiger partial charge in [-0.25, -0.2) is 14.5 Å². The van der Waals surface area contributed by atoms with E-state index in [4.69, 9.17) is 9.72 Å². The highest BCUT2D eigenvalue weighted by molar-refractivity contribution is 5.91. The van der Waals surface area contributed by atoms with Gasteiger partial charge in [0.25, 0.3) is 0 Å². The van der Waals surface area contributed by atoms with Crippen LogP contribution in [0.25, 0.3) is 27.9 Å². The maximum atomic E-state index is 6.46. The van der Waals surface area contributed by atoms with E-state index in [1.165, 1.54) is 0 Å². The number of fused-ring (bicyclic) bond motifs is 6. The van der Waals surface area contributed by atoms with Crippen molar-refractivity contribution < 1.29 is 4.74 Å². The molecule has 0 spiro atoms. The fraction of sp³-hybridized carbons (Fsp3) is 0.0370. The van der Waals surface area contributed by atoms with Crippen LogP contribution in [0.3, 0.4) is 0 Å². The van der Waals surface area contributed by atoms with Crippen LogP contribution in [0, 0.1) is 0 Å². The maximum Gasteiger partial charge on any atom is 0.228 e. The van der Waals surface area contributed by atoms with E-state index < -0.39 is 0 Å². The molecule has 3 aromatic heterocycles. The molecule has 0 radical (unpaired) electrons. The van der Waals surface area contributed by atoms with Gasteiger partial charge in [-0.3, -0.25) is 4.98 Å². The summed E-state index contributed by atoms with van der Waals surface area (Å²) >= 11 is 0. The first-order valence-corrected chi connectivity index (χ1v) is 10.8. The largest absolute Gasteiger partial charge is 0.438 e. The number of pyridine rings is 1. The standard InChI is InChI=1S/C27H17N5O/c1-2-9-18(10-3-1)22-20-14-13-17-8-4-5-11-19(17)24(20)33-27-23(22)26-30-25(31-32(26)16-29-27)21-12-6-7-15-28-21/h1-16,22H/t22-/m0/s1. The second kappa shape index (κ2) is 6.97. The Labute approximate surface area is 189 Å². The van der Waals surface area contributed by atoms with Gasteiger partial charge in [-0.15, -0.1) is 5.10 Å². The van der Waals surface area contributed by atoms with Crippen LogP contribution in [-0.4, -0.2) is 24.6 Å². The van der Waals surface area contributed by atoms with Crippen molar-refractivity contribution in [2.45, 2.75) is 5.92 Å². The predicted octanol–water partition coefficient (Wildman–Crippen LogP) is 5.63. The maximum absolute atomic E-state index is 6.46. The normalized spacial score (nSPS) is 14.6. The van der Waals surface area contributed by atoms with E-state index in [1.54, 1.807) is 17.0 Å². The first-order valence-electron chi connectivity index (χ1n) is 10.8. The van der Waals surface area contributed by atoms with Crippen molar-refractivity contribution in [3.8, 4) is 23.1 Å². The molecular formula is C27H17N5O. The van der Waals surface area contributed by atoms with E-state index in [1.807, 2.05) is 36.4 Å². The SMILES string of the molecule is c1ccc([C@H]2c3ccc4ccccc4c3Oc3ncn4nc(-c5ccccn5)nc4c32)cc1. The molecule has 7 rings (SSSR count). The summed E-state index contributed by atoms with van der Waals surface area (Å²) in [6.07, 6.45) is 3.40. The summed E-state index contributed by atoms with van der Waals surface area (Å²) < 4.78 is 8.17. The van der Waals surface area contributed by atoms with Gasteiger partial charge in [0, 0.05) is 23.1 Å². The molecule has 0 N–H and O–H groups in total. The molecule has 4 heterocycles. The average molecular weight is 427 g/mol. The number of benzene rings is 3. The number of rotatable bonds is 2. The molecule has 6 nitrogen and oxygen atoms in total. The Balaban J connectivity index is 1.53. The lowest BCUT2D eigenvalue weighted by Crippen LogP contribution is -2.15. The molecule has 0 aliphatic carbocycles. The second-order valence-corrected chi connectivity index (χ2v) is 8.03. The van der Waals surface area contributed by atoms with Crippen molar-refractivity contribution in [1.29, 1.82) is 0 Å². The summed E-state index contributed by atoms with van der Waals surface area (Å²) in [6.45, 7) is 0. The van der Waals surface area contributed by atoms with Gasteiger partial charge >= 0.3 is 0 Å². The van der Waals surface area contributed by atoms with Gasteiger partial charge in [0.2, 0.25) is 11.7 Å². The van der Waals surface area contributed by atoms with E-state index in [2.05, 4.69) is 63.6 Å². The highest BCUT2D eigenvalue weighted by Crippen LogP contribution is 2.50. The summed E-state index contributed by atoms with van der Waals surface area (Å²) in [7, 11) is 0. The first kappa shape index (κ1) is 18.0. The van der Waals surface area contributed by atoms with Crippen LogP contribution < -0.4 is 4.74 Å². The molecule has 0 saturated carbocycles. The number of hydrogen-bond acceptors (Lipinski definition) is 5. The van der Waals surface area contributed by atoms with E-state index in [-0.39, 0.29) is 5.92 Å². The molecule has 1 aliphatic heterocycles. The van der Waals surface area contributed by atoms with Crippen LogP contribution in [0.1, 0.15) is 22.6 Å². The summed E-state index contributed by atoms with van der Waals surface area (Å²) in [4.78, 5) is 13.9. The van der Waals surface area contributed by atoms with Gasteiger partial charge < -0.3 is 4.74 Å². The first-order chi connectivity index (χ1) is 16.4. The lowest BCUT2D eigenvalue weighted by Gasteiger charge is -2.28. The third kappa shape index (κ3) is 2.74. The van der Waals surface area contributed by atoms with Gasteiger partial charge in [0.05, 0.1) is 5.56 Å². The minimum atomic E-state index is -0.0912. The monoisotopic (exact) mass is 427 g/mol. The highest BCUT2D eigenvalue weighted by Gasteiger charge is 2.34. The van der Waals surface area contributed by atoms with Crippen molar-refractivity contribution in [1.82, 2.24) is 24.6 Å². The van der Waals surface area contributed by atoms with Crippen molar-refractivity contribution in [2.75, 3.05) is 0 Å². The molecule has 0 fully saturated rings. The third-order valence-electron chi connectivity index (χ3n) is 6.12. The number of ether oxygens (including phenoxy) is 1. The Bertz CT molecular complexity index is 1640. The van der Waals surface area contributed by atoms with Crippen LogP contribution >= 0.6 is 0 Å². The second-order valence-electron chi connectivity index (χ2n) is 8.03. The van der Waals surface area contributed by atoms with Crippen LogP contribution in [0.4, 0.5) is 0 Å². The van der Waals surface area contributed by atoms with Crippen molar-refractivity contribution >= 4 is 16.4 Å². The van der Waals surface area contributed by atoms with Gasteiger partial charge in [-0.2, -0.15) is 0 Å². The van der Waals surface area contributed by atoms with E-state index in [0.29, 0.717) is 23.0 Å². The Morgan fingerprint density at radius 3 is 2.52 bits per heavy atom. The van der Waals surface area contributed by atoms with E-state index in [9.17, 15) is 0 Å². The summed E-state index contributed by atoms with van der Waals surface area (Å²) in [6, 6.07) is 28.7. The lowest BCUT2D eigenvalue weighted by molar-refractivity contribution is 0.437. The molecule has 6 heteroatoms. The minimum Gasteiger partial charge on any atom is -0.438 e. The summed E-state index contributed by atoms with van der Waals surface area (Å²) in [5, 5.41) is 6.85. The van der Waals surface area contributed by atoms with E-state index in [0.717, 1.165) is 33.2 Å². The van der Waals surface area contributed by atoms with Crippen molar-refractivity contribution in [3.05, 3.63) is 114 Å². The molecule has 156 valence electrons. The Morgan fingerprint density at radius 2 is 1.64 bits per heavy atom. The number of aromatic nitrogens is 5. The summed E-state index contributed by atoms with van der Waals surface area (Å²) in [5.41, 5.74) is 4.57. The van der Waals surface area contributed by atoms with Crippen LogP contribution in [0.5, 0.6) is 11.6 Å². The van der Waals surface area contributed by atoms with Gasteiger partial charge in [-0.05, 0) is 23.1 Å². The highest BCUT2D eigenvalue weighted by atomic mass is 16.5. The van der Waals surface area contributed by atoms with Gasteiger partial charge in [-0.1, -0.05) is 72.8 Å². The Morgan fingerprint density at radius 1 is 0.788 bits per heavy atom. The molecule has 0 bridgehead atoms. The van der Waals surface area contributed by atoms with Crippen molar-refractivity contribution in [3.63, 3.8) is 0 Å². The number of nitrogens with zero attached hydrogens (tertiary/aromatic N) is 5. The molecule has 0 amide bonds. The topological polar surface area (TPSA) is 65.2 Å². The lowest BCUT2D eigenvalue weighted by atomic mass is 9.83. The number of hydrogen-bond donors (Lipinski definition) is 0. The quantitative estimate of drug-likeness (QED) is 0.358. The molecule has 1 atom stereocenters. The van der Waals surface area contributed by atoms with E-state index >= 15 is 0 Å². The molecular weight excluding hydrogens is 410 g/mol. The smallest absolute Gasteiger partial charge is 0.228 e. The molecule has 3 aromatic carbocycles. The van der Waals surface area contributed by atoms with Crippen LogP contribution in [-0.2, 0) is 0 Å². The van der Waals surface area contributed by atoms with Gasteiger partial charge in [0.15, 0.2) is 5.65 Å². The van der Waals surface area contributed by atoms with Crippen molar-refractivity contribution in [2.24, 2.45) is 0 Å². The zero-order valence-corrected chi connectivity index (χ0v) is 17.5. The predicted molar refractivity (Wildman–Crippen MR) is 125 cm³/mol. The zero-order chi connectivity index (χ0) is 21.8. The minimum absolute atomic E-state index is 0.0912. The molecule has 0 unspecified atom stereocenters. The molecule has 33 heavy (non-hydrogen) atoms. The van der Waals surface area contributed by atoms with Gasteiger partial charge in [0.1, 0.15) is 17.8 Å². The fourth-order valence-electron chi connectivity index (χ4n) is 4.64. The zero-order valence-electron chi connectivity index (χ0n) is 17.5. The molecule has 6 aromatic rings. The average Bonchev–Trinajstić information content (AvgIpc) is 3.33. The molecule has 1 aliphatic rings.